The Balaban J connectivity index is 2.09. The van der Waals surface area contributed by atoms with E-state index in [-0.39, 0.29) is 18.1 Å². The maximum Gasteiger partial charge on any atom is 0.265 e. The summed E-state index contributed by atoms with van der Waals surface area (Å²) in [6.07, 6.45) is 0. The van der Waals surface area contributed by atoms with Crippen LogP contribution in [0.5, 0.6) is 5.75 Å². The van der Waals surface area contributed by atoms with Gasteiger partial charge >= 0.3 is 0 Å². The predicted molar refractivity (Wildman–Crippen MR) is 99.1 cm³/mol. The molecule has 7 nitrogen and oxygen atoms in total. The van der Waals surface area contributed by atoms with E-state index >= 15 is 0 Å². The number of methoxy groups -OCH3 is 2. The molecule has 1 heterocycles. The Morgan fingerprint density at radius 1 is 1.19 bits per heavy atom. The van der Waals surface area contributed by atoms with Crippen LogP contribution in [0.3, 0.4) is 0 Å². The SMILES string of the molecule is COCC(=O)Nc1ccc(-n2c(C)nc3ccccc3c2=O)cc1OC. The average Bonchev–Trinajstić information content (AvgIpc) is 2.63. The minimum Gasteiger partial charge on any atom is -0.494 e. The van der Waals surface area contributed by atoms with Gasteiger partial charge in [-0.25, -0.2) is 4.98 Å². The number of hydrogen-bond donors (Lipinski definition) is 1. The van der Waals surface area contributed by atoms with Gasteiger partial charge in [0.2, 0.25) is 5.91 Å². The molecule has 7 heteroatoms. The van der Waals surface area contributed by atoms with Crippen LogP contribution in [-0.2, 0) is 9.53 Å². The highest BCUT2D eigenvalue weighted by molar-refractivity contribution is 5.93. The molecule has 134 valence electrons. The summed E-state index contributed by atoms with van der Waals surface area (Å²) in [7, 11) is 2.95. The van der Waals surface area contributed by atoms with Gasteiger partial charge in [0, 0.05) is 13.2 Å². The third-order valence-electron chi connectivity index (χ3n) is 3.94. The van der Waals surface area contributed by atoms with Crippen LogP contribution in [0.2, 0.25) is 0 Å². The minimum absolute atomic E-state index is 0.0575. The quantitative estimate of drug-likeness (QED) is 0.761. The van der Waals surface area contributed by atoms with Crippen molar-refractivity contribution >= 4 is 22.5 Å². The van der Waals surface area contributed by atoms with Crippen molar-refractivity contribution in [3.05, 3.63) is 58.6 Å². The van der Waals surface area contributed by atoms with E-state index in [0.29, 0.717) is 33.9 Å². The predicted octanol–water partition coefficient (Wildman–Crippen LogP) is 2.29. The van der Waals surface area contributed by atoms with Gasteiger partial charge in [0.1, 0.15) is 18.2 Å². The van der Waals surface area contributed by atoms with Gasteiger partial charge in [-0.3, -0.25) is 14.2 Å². The molecule has 0 saturated carbocycles. The maximum absolute atomic E-state index is 12.9. The third kappa shape index (κ3) is 3.29. The highest BCUT2D eigenvalue weighted by Gasteiger charge is 2.13. The zero-order valence-electron chi connectivity index (χ0n) is 14.8. The number of nitrogens with one attached hydrogen (secondary N) is 1. The Labute approximate surface area is 150 Å². The minimum atomic E-state index is -0.292. The van der Waals surface area contributed by atoms with Gasteiger partial charge in [-0.1, -0.05) is 12.1 Å². The van der Waals surface area contributed by atoms with E-state index in [1.165, 1.54) is 18.8 Å². The van der Waals surface area contributed by atoms with E-state index in [9.17, 15) is 9.59 Å². The van der Waals surface area contributed by atoms with Gasteiger partial charge in [-0.2, -0.15) is 0 Å². The standard InChI is InChI=1S/C19H19N3O4/c1-12-20-15-7-5-4-6-14(15)19(24)22(12)13-8-9-16(17(10-13)26-3)21-18(23)11-25-2/h4-10H,11H2,1-3H3,(H,21,23). The van der Waals surface area contributed by atoms with Crippen molar-refractivity contribution in [2.75, 3.05) is 26.1 Å². The molecule has 1 N–H and O–H groups in total. The molecule has 1 aromatic heterocycles. The fourth-order valence-corrected chi connectivity index (χ4v) is 2.79. The summed E-state index contributed by atoms with van der Waals surface area (Å²) in [5, 5.41) is 3.24. The fourth-order valence-electron chi connectivity index (χ4n) is 2.79. The lowest BCUT2D eigenvalue weighted by molar-refractivity contribution is -0.119. The average molecular weight is 353 g/mol. The Morgan fingerprint density at radius 2 is 1.96 bits per heavy atom. The monoisotopic (exact) mass is 353 g/mol. The Bertz CT molecular complexity index is 1030. The molecule has 2 aromatic carbocycles. The van der Waals surface area contributed by atoms with Crippen LogP contribution < -0.4 is 15.6 Å². The van der Waals surface area contributed by atoms with E-state index < -0.39 is 0 Å². The van der Waals surface area contributed by atoms with E-state index in [2.05, 4.69) is 10.3 Å². The lowest BCUT2D eigenvalue weighted by atomic mass is 10.2. The molecule has 0 unspecified atom stereocenters. The number of ether oxygens (including phenoxy) is 2. The Hall–Kier alpha value is -3.19. The molecular weight excluding hydrogens is 334 g/mol. The number of para-hydroxylation sites is 1. The lowest BCUT2D eigenvalue weighted by Crippen LogP contribution is -2.22. The zero-order valence-corrected chi connectivity index (χ0v) is 14.8. The van der Waals surface area contributed by atoms with Gasteiger partial charge in [0.15, 0.2) is 0 Å². The highest BCUT2D eigenvalue weighted by Crippen LogP contribution is 2.27. The van der Waals surface area contributed by atoms with Gasteiger partial charge in [0.25, 0.3) is 5.56 Å². The van der Waals surface area contributed by atoms with E-state index in [0.717, 1.165) is 0 Å². The van der Waals surface area contributed by atoms with Crippen molar-refractivity contribution in [2.45, 2.75) is 6.92 Å². The van der Waals surface area contributed by atoms with E-state index in [1.54, 1.807) is 37.3 Å². The number of amides is 1. The Kier molecular flexibility index (Phi) is 4.99. The molecule has 0 atom stereocenters. The second-order valence-corrected chi connectivity index (χ2v) is 5.68. The summed E-state index contributed by atoms with van der Waals surface area (Å²) >= 11 is 0. The molecule has 3 aromatic rings. The first kappa shape index (κ1) is 17.6. The molecule has 0 aliphatic heterocycles. The maximum atomic E-state index is 12.9. The van der Waals surface area contributed by atoms with Gasteiger partial charge in [-0.15, -0.1) is 0 Å². The molecule has 0 aliphatic rings. The molecule has 0 spiro atoms. The van der Waals surface area contributed by atoms with E-state index in [1.807, 2.05) is 12.1 Å². The van der Waals surface area contributed by atoms with Crippen molar-refractivity contribution in [2.24, 2.45) is 0 Å². The van der Waals surface area contributed by atoms with Crippen LogP contribution in [0.15, 0.2) is 47.3 Å². The second kappa shape index (κ2) is 7.37. The number of hydrogen-bond acceptors (Lipinski definition) is 5. The summed E-state index contributed by atoms with van der Waals surface area (Å²) < 4.78 is 11.7. The summed E-state index contributed by atoms with van der Waals surface area (Å²) in [6, 6.07) is 12.3. The van der Waals surface area contributed by atoms with Crippen molar-refractivity contribution < 1.29 is 14.3 Å². The van der Waals surface area contributed by atoms with Crippen molar-refractivity contribution in [3.8, 4) is 11.4 Å². The molecule has 0 bridgehead atoms. The summed E-state index contributed by atoms with van der Waals surface area (Å²) in [4.78, 5) is 29.1. The molecule has 0 aliphatic carbocycles. The zero-order chi connectivity index (χ0) is 18.7. The second-order valence-electron chi connectivity index (χ2n) is 5.68. The first-order chi connectivity index (χ1) is 12.5. The number of carbonyl (C=O) groups excluding carboxylic acids is 1. The van der Waals surface area contributed by atoms with E-state index in [4.69, 9.17) is 9.47 Å². The number of rotatable bonds is 5. The van der Waals surface area contributed by atoms with Crippen molar-refractivity contribution in [1.82, 2.24) is 9.55 Å². The lowest BCUT2D eigenvalue weighted by Gasteiger charge is -2.15. The number of fused-ring (bicyclic) bond motifs is 1. The normalized spacial score (nSPS) is 10.7. The molecule has 0 fully saturated rings. The summed E-state index contributed by atoms with van der Waals surface area (Å²) in [5.41, 5.74) is 1.60. The first-order valence-electron chi connectivity index (χ1n) is 8.00. The molecule has 26 heavy (non-hydrogen) atoms. The summed E-state index contributed by atoms with van der Waals surface area (Å²) in [6.45, 7) is 1.71. The van der Waals surface area contributed by atoms with Crippen LogP contribution in [0, 0.1) is 6.92 Å². The number of carbonyl (C=O) groups is 1. The number of aromatic nitrogens is 2. The topological polar surface area (TPSA) is 82.5 Å². The van der Waals surface area contributed by atoms with Crippen LogP contribution in [0.1, 0.15) is 5.82 Å². The summed E-state index contributed by atoms with van der Waals surface area (Å²) in [5.74, 6) is 0.706. The fraction of sp³-hybridized carbons (Fsp3) is 0.211. The largest absolute Gasteiger partial charge is 0.494 e. The smallest absolute Gasteiger partial charge is 0.265 e. The third-order valence-corrected chi connectivity index (χ3v) is 3.94. The number of nitrogens with zero attached hydrogens (tertiary/aromatic N) is 2. The number of anilines is 1. The number of aryl methyl sites for hydroxylation is 1. The van der Waals surface area contributed by atoms with Crippen LogP contribution in [0.25, 0.3) is 16.6 Å². The highest BCUT2D eigenvalue weighted by atomic mass is 16.5. The van der Waals surface area contributed by atoms with Gasteiger partial charge in [0.05, 0.1) is 29.4 Å². The van der Waals surface area contributed by atoms with Crippen LogP contribution in [0.4, 0.5) is 5.69 Å². The molecule has 0 saturated heterocycles. The first-order valence-corrected chi connectivity index (χ1v) is 8.00. The molecule has 3 rings (SSSR count). The number of benzene rings is 2. The molecular formula is C19H19N3O4. The van der Waals surface area contributed by atoms with Crippen molar-refractivity contribution in [1.29, 1.82) is 0 Å². The van der Waals surface area contributed by atoms with Crippen LogP contribution >= 0.6 is 0 Å². The van der Waals surface area contributed by atoms with Gasteiger partial charge < -0.3 is 14.8 Å². The Morgan fingerprint density at radius 3 is 2.69 bits per heavy atom. The molecule has 1 amide bonds. The molecule has 0 radical (unpaired) electrons. The van der Waals surface area contributed by atoms with Crippen molar-refractivity contribution in [3.63, 3.8) is 0 Å². The van der Waals surface area contributed by atoms with Crippen LogP contribution in [-0.4, -0.2) is 36.3 Å². The van der Waals surface area contributed by atoms with Gasteiger partial charge in [-0.05, 0) is 31.2 Å².